The predicted molar refractivity (Wildman–Crippen MR) is 97.7 cm³/mol. The molecule has 1 saturated carbocycles. The van der Waals surface area contributed by atoms with E-state index in [2.05, 4.69) is 17.4 Å². The molecule has 2 fully saturated rings. The minimum atomic E-state index is -0.690. The molecule has 1 aromatic rings. The molecular weight excluding hydrogens is 316 g/mol. The zero-order valence-electron chi connectivity index (χ0n) is 15.2. The van der Waals surface area contributed by atoms with E-state index in [9.17, 15) is 4.79 Å². The molecule has 3 rings (SSSR count). The van der Waals surface area contributed by atoms with Crippen LogP contribution >= 0.6 is 0 Å². The summed E-state index contributed by atoms with van der Waals surface area (Å²) in [6, 6.07) is 8.18. The molecule has 1 amide bonds. The molecule has 5 nitrogen and oxygen atoms in total. The van der Waals surface area contributed by atoms with Gasteiger partial charge in [-0.25, -0.2) is 0 Å². The molecule has 0 aromatic heterocycles. The molecule has 2 aliphatic rings. The van der Waals surface area contributed by atoms with E-state index in [0.717, 1.165) is 57.5 Å². The molecule has 0 atom stereocenters. The van der Waals surface area contributed by atoms with Crippen LogP contribution in [0, 0.1) is 0 Å². The van der Waals surface area contributed by atoms with Crippen molar-refractivity contribution in [1.82, 2.24) is 5.32 Å². The van der Waals surface area contributed by atoms with Crippen molar-refractivity contribution in [3.05, 3.63) is 29.8 Å². The van der Waals surface area contributed by atoms with Crippen LogP contribution in [0.3, 0.4) is 0 Å². The smallest absolute Gasteiger partial charge is 0.240 e. The minimum Gasteiger partial charge on any atom is -0.497 e. The van der Waals surface area contributed by atoms with Gasteiger partial charge < -0.3 is 20.5 Å². The van der Waals surface area contributed by atoms with Crippen LogP contribution in [0.25, 0.3) is 0 Å². The van der Waals surface area contributed by atoms with Crippen LogP contribution in [0.2, 0.25) is 0 Å². The maximum Gasteiger partial charge on any atom is 0.240 e. The fourth-order valence-electron chi connectivity index (χ4n) is 4.11. The fraction of sp³-hybridized carbons (Fsp3) is 0.650. The Hall–Kier alpha value is -1.59. The number of carbonyl (C=O) groups excluding carboxylic acids is 1. The van der Waals surface area contributed by atoms with Crippen molar-refractivity contribution in [3.8, 4) is 5.75 Å². The molecule has 3 N–H and O–H groups in total. The van der Waals surface area contributed by atoms with Crippen LogP contribution < -0.4 is 15.8 Å². The Balaban J connectivity index is 1.73. The molecule has 0 radical (unpaired) electrons. The van der Waals surface area contributed by atoms with Gasteiger partial charge in [-0.05, 0) is 43.4 Å². The van der Waals surface area contributed by atoms with Gasteiger partial charge in [0.15, 0.2) is 0 Å². The lowest BCUT2D eigenvalue weighted by molar-refractivity contribution is -0.128. The monoisotopic (exact) mass is 346 g/mol. The summed E-state index contributed by atoms with van der Waals surface area (Å²) < 4.78 is 10.8. The Morgan fingerprint density at radius 1 is 1.12 bits per heavy atom. The lowest BCUT2D eigenvalue weighted by Gasteiger charge is -2.39. The number of carbonyl (C=O) groups is 1. The third-order valence-corrected chi connectivity index (χ3v) is 5.94. The highest BCUT2D eigenvalue weighted by Gasteiger charge is 2.39. The normalized spacial score (nSPS) is 22.2. The van der Waals surface area contributed by atoms with Gasteiger partial charge in [-0.2, -0.15) is 0 Å². The van der Waals surface area contributed by atoms with Crippen LogP contribution in [-0.2, 0) is 14.9 Å². The standard InChI is InChI=1S/C20H30N2O3/c1-24-17-7-5-16(6-8-17)19(11-13-25-14-12-19)15-22-18(23)20(21)9-3-2-4-10-20/h5-8H,2-4,9-15,21H2,1H3,(H,22,23). The first-order valence-electron chi connectivity index (χ1n) is 9.38. The van der Waals surface area contributed by atoms with Gasteiger partial charge in [-0.15, -0.1) is 0 Å². The summed E-state index contributed by atoms with van der Waals surface area (Å²) in [5.41, 5.74) is 6.83. The first-order valence-corrected chi connectivity index (χ1v) is 9.38. The Kier molecular flexibility index (Phi) is 5.64. The largest absolute Gasteiger partial charge is 0.497 e. The lowest BCUT2D eigenvalue weighted by atomic mass is 9.73. The van der Waals surface area contributed by atoms with Crippen molar-refractivity contribution < 1.29 is 14.3 Å². The van der Waals surface area contributed by atoms with Crippen molar-refractivity contribution in [2.45, 2.75) is 55.9 Å². The zero-order chi connectivity index (χ0) is 17.8. The van der Waals surface area contributed by atoms with Gasteiger partial charge >= 0.3 is 0 Å². The second-order valence-corrected chi connectivity index (χ2v) is 7.52. The van der Waals surface area contributed by atoms with E-state index in [4.69, 9.17) is 15.2 Å². The number of methoxy groups -OCH3 is 1. The maximum absolute atomic E-state index is 12.7. The highest BCUT2D eigenvalue weighted by Crippen LogP contribution is 2.35. The van der Waals surface area contributed by atoms with E-state index in [-0.39, 0.29) is 11.3 Å². The number of nitrogens with one attached hydrogen (secondary N) is 1. The van der Waals surface area contributed by atoms with Crippen LogP contribution in [0.5, 0.6) is 5.75 Å². The second-order valence-electron chi connectivity index (χ2n) is 7.52. The van der Waals surface area contributed by atoms with Crippen molar-refractivity contribution in [3.63, 3.8) is 0 Å². The van der Waals surface area contributed by atoms with Gasteiger partial charge in [0, 0.05) is 25.2 Å². The summed E-state index contributed by atoms with van der Waals surface area (Å²) in [6.45, 7) is 2.05. The van der Waals surface area contributed by atoms with Crippen molar-refractivity contribution >= 4 is 5.91 Å². The Morgan fingerprint density at radius 2 is 1.76 bits per heavy atom. The van der Waals surface area contributed by atoms with Gasteiger partial charge in [0.05, 0.1) is 12.6 Å². The number of nitrogens with two attached hydrogens (primary N) is 1. The van der Waals surface area contributed by atoms with Crippen LogP contribution in [0.1, 0.15) is 50.5 Å². The van der Waals surface area contributed by atoms with Crippen molar-refractivity contribution in [2.24, 2.45) is 5.73 Å². The van der Waals surface area contributed by atoms with Crippen molar-refractivity contribution in [2.75, 3.05) is 26.9 Å². The molecule has 25 heavy (non-hydrogen) atoms. The summed E-state index contributed by atoms with van der Waals surface area (Å²) in [4.78, 5) is 12.7. The van der Waals surface area contributed by atoms with Crippen molar-refractivity contribution in [1.29, 1.82) is 0 Å². The average molecular weight is 346 g/mol. The molecule has 0 unspecified atom stereocenters. The second kappa shape index (κ2) is 7.75. The SMILES string of the molecule is COc1ccc(C2(CNC(=O)C3(N)CCCCC3)CCOCC2)cc1. The van der Waals surface area contributed by atoms with Gasteiger partial charge in [-0.1, -0.05) is 31.4 Å². The molecule has 1 aromatic carbocycles. The number of rotatable bonds is 5. The molecule has 0 spiro atoms. The summed E-state index contributed by atoms with van der Waals surface area (Å²) in [5.74, 6) is 0.852. The molecule has 1 heterocycles. The molecule has 1 aliphatic heterocycles. The maximum atomic E-state index is 12.7. The van der Waals surface area contributed by atoms with E-state index < -0.39 is 5.54 Å². The van der Waals surface area contributed by atoms with Crippen LogP contribution in [-0.4, -0.2) is 38.3 Å². The Bertz CT molecular complexity index is 573. The molecule has 5 heteroatoms. The summed E-state index contributed by atoms with van der Waals surface area (Å²) in [6.07, 6.45) is 6.64. The Labute approximate surface area is 150 Å². The van der Waals surface area contributed by atoms with E-state index in [1.54, 1.807) is 7.11 Å². The van der Waals surface area contributed by atoms with E-state index in [1.165, 1.54) is 12.0 Å². The number of hydrogen-bond acceptors (Lipinski definition) is 4. The lowest BCUT2D eigenvalue weighted by Crippen LogP contribution is -2.57. The van der Waals surface area contributed by atoms with Crippen LogP contribution in [0.4, 0.5) is 0 Å². The average Bonchev–Trinajstić information content (AvgIpc) is 2.67. The summed E-state index contributed by atoms with van der Waals surface area (Å²) >= 11 is 0. The predicted octanol–water partition coefficient (Wildman–Crippen LogP) is 2.52. The fourth-order valence-corrected chi connectivity index (χ4v) is 4.11. The van der Waals surface area contributed by atoms with Gasteiger partial charge in [0.1, 0.15) is 5.75 Å². The van der Waals surface area contributed by atoms with Crippen LogP contribution in [0.15, 0.2) is 24.3 Å². The summed E-state index contributed by atoms with van der Waals surface area (Å²) in [7, 11) is 1.67. The minimum absolute atomic E-state index is 0.00609. The first-order chi connectivity index (χ1) is 12.1. The topological polar surface area (TPSA) is 73.6 Å². The third kappa shape index (κ3) is 3.98. The number of amides is 1. The third-order valence-electron chi connectivity index (χ3n) is 5.94. The highest BCUT2D eigenvalue weighted by molar-refractivity contribution is 5.86. The number of hydrogen-bond donors (Lipinski definition) is 2. The molecule has 0 bridgehead atoms. The first kappa shape index (κ1) is 18.2. The van der Waals surface area contributed by atoms with Gasteiger partial charge in [-0.3, -0.25) is 4.79 Å². The summed E-state index contributed by atoms with van der Waals surface area (Å²) in [5, 5.41) is 3.18. The Morgan fingerprint density at radius 3 is 2.36 bits per heavy atom. The number of ether oxygens (including phenoxy) is 2. The zero-order valence-corrected chi connectivity index (χ0v) is 15.2. The van der Waals surface area contributed by atoms with E-state index in [1.807, 2.05) is 12.1 Å². The molecule has 138 valence electrons. The van der Waals surface area contributed by atoms with E-state index in [0.29, 0.717) is 6.54 Å². The molecule has 1 aliphatic carbocycles. The van der Waals surface area contributed by atoms with Gasteiger partial charge in [0.2, 0.25) is 5.91 Å². The van der Waals surface area contributed by atoms with E-state index >= 15 is 0 Å². The molecular formula is C20H30N2O3. The number of benzene rings is 1. The highest BCUT2D eigenvalue weighted by atomic mass is 16.5. The van der Waals surface area contributed by atoms with Gasteiger partial charge in [0.25, 0.3) is 0 Å². The molecule has 1 saturated heterocycles. The quantitative estimate of drug-likeness (QED) is 0.859.